The van der Waals surface area contributed by atoms with Crippen LogP contribution >= 0.6 is 22.6 Å². The number of unbranched alkanes of at least 4 members (excludes halogenated alkanes) is 3. The first-order valence-corrected chi connectivity index (χ1v) is 15.3. The first-order valence-electron chi connectivity index (χ1n) is 14.2. The predicted octanol–water partition coefficient (Wildman–Crippen LogP) is 8.35. The van der Waals surface area contributed by atoms with Crippen LogP contribution in [0.3, 0.4) is 0 Å². The molecule has 1 heterocycles. The zero-order valence-corrected chi connectivity index (χ0v) is 25.8. The van der Waals surface area contributed by atoms with Crippen molar-refractivity contribution in [3.05, 3.63) is 74.6 Å². The fourth-order valence-electron chi connectivity index (χ4n) is 5.53. The fourth-order valence-corrected chi connectivity index (χ4v) is 6.02. The molecule has 2 aromatic carbocycles. The van der Waals surface area contributed by atoms with Crippen LogP contribution in [0.1, 0.15) is 84.3 Å². The normalized spacial score (nSPS) is 17.3. The summed E-state index contributed by atoms with van der Waals surface area (Å²) >= 11 is 2.36. The highest BCUT2D eigenvalue weighted by atomic mass is 127. The topological polar surface area (TPSA) is 43.5 Å². The lowest BCUT2D eigenvalue weighted by Crippen LogP contribution is -2.31. The predicted molar refractivity (Wildman–Crippen MR) is 168 cm³/mol. The number of anilines is 1. The van der Waals surface area contributed by atoms with Crippen LogP contribution in [-0.4, -0.2) is 40.8 Å². The largest absolute Gasteiger partial charge is 0.506 e. The number of Topliss-reactive ketones (excluding diaryl/α,β-unsaturated/α-hetero) is 1. The number of rotatable bonds is 12. The van der Waals surface area contributed by atoms with Gasteiger partial charge in [-0.2, -0.15) is 4.58 Å². The van der Waals surface area contributed by atoms with Crippen LogP contribution in [0.5, 0.6) is 0 Å². The molecule has 1 aliphatic carbocycles. The van der Waals surface area contributed by atoms with Gasteiger partial charge >= 0.3 is 0 Å². The Morgan fingerprint density at radius 3 is 2.16 bits per heavy atom. The highest BCUT2D eigenvalue weighted by molar-refractivity contribution is 14.1. The Labute approximate surface area is 242 Å². The van der Waals surface area contributed by atoms with Gasteiger partial charge in [0.15, 0.2) is 5.71 Å². The van der Waals surface area contributed by atoms with Gasteiger partial charge < -0.3 is 10.0 Å². The number of benzene rings is 2. The highest BCUT2D eigenvalue weighted by Gasteiger charge is 2.46. The Kier molecular flexibility index (Phi) is 9.17. The molecule has 5 heteroatoms. The summed E-state index contributed by atoms with van der Waals surface area (Å²) in [4.78, 5) is 15.8. The summed E-state index contributed by atoms with van der Waals surface area (Å²) in [7, 11) is 0. The summed E-state index contributed by atoms with van der Waals surface area (Å²) in [5, 5.41) is 11.1. The van der Waals surface area contributed by atoms with E-state index in [9.17, 15) is 9.90 Å². The van der Waals surface area contributed by atoms with E-state index in [1.807, 2.05) is 18.2 Å². The fraction of sp³-hybridized carbons (Fsp3) is 0.455. The van der Waals surface area contributed by atoms with E-state index < -0.39 is 0 Å². The van der Waals surface area contributed by atoms with Crippen molar-refractivity contribution >= 4 is 51.0 Å². The Bertz CT molecular complexity index is 1280. The van der Waals surface area contributed by atoms with Crippen molar-refractivity contribution in [1.82, 2.24) is 0 Å². The van der Waals surface area contributed by atoms with E-state index in [-0.39, 0.29) is 17.0 Å². The Morgan fingerprint density at radius 1 is 0.947 bits per heavy atom. The van der Waals surface area contributed by atoms with E-state index >= 15 is 0 Å². The molecule has 4 rings (SSSR count). The first kappa shape index (κ1) is 28.6. The van der Waals surface area contributed by atoms with E-state index in [1.54, 1.807) is 0 Å². The third-order valence-electron chi connectivity index (χ3n) is 7.92. The van der Waals surface area contributed by atoms with Crippen molar-refractivity contribution in [3.8, 4) is 0 Å². The summed E-state index contributed by atoms with van der Waals surface area (Å²) in [6.07, 6.45) is 8.76. The molecule has 2 aromatic rings. The summed E-state index contributed by atoms with van der Waals surface area (Å²) in [6.45, 7) is 14.0. The minimum atomic E-state index is -0.254. The monoisotopic (exact) mass is 625 g/mol. The summed E-state index contributed by atoms with van der Waals surface area (Å²) in [5.74, 6) is 0.0363. The highest BCUT2D eigenvalue weighted by Crippen LogP contribution is 2.43. The molecular weight excluding hydrogens is 583 g/mol. The number of aliphatic hydroxyl groups is 1. The minimum Gasteiger partial charge on any atom is -0.506 e. The van der Waals surface area contributed by atoms with E-state index in [4.69, 9.17) is 0 Å². The average Bonchev–Trinajstić information content (AvgIpc) is 3.11. The van der Waals surface area contributed by atoms with Gasteiger partial charge in [-0.3, -0.25) is 4.79 Å². The molecular formula is C33H42IN2O2+. The number of nitrogens with zero attached hydrogens (tertiary/aromatic N) is 2. The van der Waals surface area contributed by atoms with E-state index in [0.717, 1.165) is 56.6 Å². The van der Waals surface area contributed by atoms with Crippen LogP contribution in [0.15, 0.2) is 59.9 Å². The first-order chi connectivity index (χ1) is 18.2. The molecule has 0 saturated carbocycles. The van der Waals surface area contributed by atoms with Crippen molar-refractivity contribution in [3.63, 3.8) is 0 Å². The molecule has 38 heavy (non-hydrogen) atoms. The van der Waals surface area contributed by atoms with E-state index in [0.29, 0.717) is 11.1 Å². The number of fused-ring (bicyclic) bond motifs is 1. The molecule has 0 saturated heterocycles. The van der Waals surface area contributed by atoms with Crippen LogP contribution in [-0.2, 0) is 10.2 Å². The molecule has 0 bridgehead atoms. The molecule has 0 unspecified atom stereocenters. The van der Waals surface area contributed by atoms with Crippen LogP contribution in [0.2, 0.25) is 0 Å². The molecule has 202 valence electrons. The molecule has 0 fully saturated rings. The van der Waals surface area contributed by atoms with Gasteiger partial charge in [0.1, 0.15) is 12.3 Å². The molecule has 0 amide bonds. The molecule has 0 radical (unpaired) electrons. The summed E-state index contributed by atoms with van der Waals surface area (Å²) in [6, 6.07) is 14.7. The van der Waals surface area contributed by atoms with Crippen LogP contribution in [0.25, 0.3) is 5.57 Å². The second kappa shape index (κ2) is 12.2. The van der Waals surface area contributed by atoms with Crippen molar-refractivity contribution in [2.75, 3.05) is 24.5 Å². The lowest BCUT2D eigenvalue weighted by molar-refractivity contribution is -0.438. The van der Waals surface area contributed by atoms with Gasteiger partial charge in [0, 0.05) is 46.5 Å². The maximum Gasteiger partial charge on any atom is 0.209 e. The second-order valence-electron chi connectivity index (χ2n) is 11.0. The number of aliphatic hydroxyl groups excluding tert-OH is 1. The molecule has 2 aliphatic rings. The van der Waals surface area contributed by atoms with Gasteiger partial charge in [0.2, 0.25) is 11.5 Å². The van der Waals surface area contributed by atoms with Gasteiger partial charge in [-0.25, -0.2) is 0 Å². The number of hydrogen-bond donors (Lipinski definition) is 1. The summed E-state index contributed by atoms with van der Waals surface area (Å²) in [5.41, 5.74) is 6.12. The zero-order valence-electron chi connectivity index (χ0n) is 23.6. The second-order valence-corrected chi connectivity index (χ2v) is 12.3. The number of allylic oxidation sites excluding steroid dienone is 3. The van der Waals surface area contributed by atoms with Gasteiger partial charge in [-0.05, 0) is 79.1 Å². The third-order valence-corrected chi connectivity index (χ3v) is 8.59. The molecule has 1 N–H and O–H groups in total. The van der Waals surface area contributed by atoms with Crippen molar-refractivity contribution < 1.29 is 14.5 Å². The lowest BCUT2D eigenvalue weighted by Gasteiger charge is -2.26. The van der Waals surface area contributed by atoms with Gasteiger partial charge in [-0.1, -0.05) is 52.2 Å². The lowest BCUT2D eigenvalue weighted by atomic mass is 9.77. The van der Waals surface area contributed by atoms with Gasteiger partial charge in [0.05, 0.1) is 16.6 Å². The number of ketones is 1. The number of hydrogen-bond acceptors (Lipinski definition) is 3. The van der Waals surface area contributed by atoms with Gasteiger partial charge in [0.25, 0.3) is 0 Å². The molecule has 1 aliphatic heterocycles. The number of halogens is 1. The van der Waals surface area contributed by atoms with Crippen LogP contribution in [0.4, 0.5) is 11.4 Å². The Balaban J connectivity index is 1.65. The SMILES string of the molecule is CCCCN(CCCC)c1ccc(C2=C(O)/C(=C/C3=[N+](CCCC)c4ccc(I)cc4C3(C)C)C2=O)cc1. The molecule has 0 aromatic heterocycles. The summed E-state index contributed by atoms with van der Waals surface area (Å²) < 4.78 is 3.55. The third kappa shape index (κ3) is 5.49. The van der Waals surface area contributed by atoms with Crippen molar-refractivity contribution in [2.45, 2.75) is 78.6 Å². The van der Waals surface area contributed by atoms with Crippen LogP contribution < -0.4 is 4.90 Å². The average molecular weight is 626 g/mol. The standard InChI is InChI=1S/C33H41IN2O2/c1-6-9-18-35(19-10-7-2)25-15-12-23(13-16-25)30-31(37)26(32(30)38)22-29-33(4,5)27-21-24(34)14-17-28(27)36(29)20-11-8-3/h12-17,21-22H,6-11,18-20H2,1-5H3/p+1. The molecule has 0 atom stereocenters. The zero-order chi connectivity index (χ0) is 27.4. The number of carbonyl (C=O) groups excluding carboxylic acids is 1. The van der Waals surface area contributed by atoms with E-state index in [1.165, 1.54) is 33.4 Å². The molecule has 4 nitrogen and oxygen atoms in total. The Hall–Kier alpha value is -2.41. The maximum absolute atomic E-state index is 13.4. The van der Waals surface area contributed by atoms with E-state index in [2.05, 4.69) is 97.0 Å². The van der Waals surface area contributed by atoms with Crippen molar-refractivity contribution in [1.29, 1.82) is 0 Å². The quantitative estimate of drug-likeness (QED) is 0.147. The van der Waals surface area contributed by atoms with Crippen LogP contribution in [0, 0.1) is 3.57 Å². The van der Waals surface area contributed by atoms with Gasteiger partial charge in [-0.15, -0.1) is 0 Å². The minimum absolute atomic E-state index is 0.0756. The van der Waals surface area contributed by atoms with Crippen molar-refractivity contribution in [2.24, 2.45) is 0 Å². The Morgan fingerprint density at radius 2 is 1.58 bits per heavy atom. The smallest absolute Gasteiger partial charge is 0.209 e. The number of carbonyl (C=O) groups is 1. The molecule has 0 spiro atoms. The maximum atomic E-state index is 13.4.